The number of Topliss-reactive ketones (excluding diaryl/α,β-unsaturated/α-hetero) is 1. The van der Waals surface area contributed by atoms with Crippen LogP contribution in [0.4, 0.5) is 5.88 Å². The van der Waals surface area contributed by atoms with Crippen molar-refractivity contribution in [1.82, 2.24) is 0 Å². The summed E-state index contributed by atoms with van der Waals surface area (Å²) < 4.78 is 11.4. The highest BCUT2D eigenvalue weighted by atomic mass is 16.5. The normalized spacial score (nSPS) is 18.4. The molecule has 0 unspecified atom stereocenters. The number of carbonyl (C=O) groups is 3. The van der Waals surface area contributed by atoms with E-state index in [-0.39, 0.29) is 41.7 Å². The summed E-state index contributed by atoms with van der Waals surface area (Å²) in [4.78, 5) is 39.5. The zero-order valence-electron chi connectivity index (χ0n) is 19.6. The Balaban J connectivity index is 2.02. The molecule has 1 saturated carbocycles. The molecule has 172 valence electrons. The topological polar surface area (TPSA) is 76.8 Å². The Morgan fingerprint density at radius 1 is 1.09 bits per heavy atom. The van der Waals surface area contributed by atoms with Gasteiger partial charge in [-0.3, -0.25) is 14.5 Å². The predicted octanol–water partition coefficient (Wildman–Crippen LogP) is 5.89. The number of ketones is 1. The van der Waals surface area contributed by atoms with E-state index < -0.39 is 5.97 Å². The van der Waals surface area contributed by atoms with E-state index in [9.17, 15) is 14.4 Å². The number of esters is 1. The van der Waals surface area contributed by atoms with Crippen molar-refractivity contribution >= 4 is 23.5 Å². The van der Waals surface area contributed by atoms with Gasteiger partial charge in [-0.05, 0) is 59.3 Å². The van der Waals surface area contributed by atoms with Gasteiger partial charge in [0.05, 0.1) is 6.61 Å². The van der Waals surface area contributed by atoms with Crippen molar-refractivity contribution in [3.05, 3.63) is 41.5 Å². The minimum Gasteiger partial charge on any atom is -0.462 e. The number of hydrogen-bond acceptors (Lipinski definition) is 5. The fourth-order valence-corrected chi connectivity index (χ4v) is 4.22. The van der Waals surface area contributed by atoms with Gasteiger partial charge in [-0.25, -0.2) is 4.79 Å². The van der Waals surface area contributed by atoms with Crippen LogP contribution in [-0.4, -0.2) is 30.3 Å². The number of benzene rings is 1. The van der Waals surface area contributed by atoms with E-state index >= 15 is 0 Å². The fourth-order valence-electron chi connectivity index (χ4n) is 4.22. The first-order valence-corrected chi connectivity index (χ1v) is 11.5. The SMILES string of the molecule is CCOC(=O)c1cc(-c2ccc(C(C)=O)cc2)oc1N(C(=O)[C@H]1CC[C@H](C)CC1)C(C)C. The van der Waals surface area contributed by atoms with Crippen molar-refractivity contribution in [2.45, 2.75) is 66.3 Å². The zero-order chi connectivity index (χ0) is 23.4. The number of hydrogen-bond donors (Lipinski definition) is 0. The van der Waals surface area contributed by atoms with E-state index in [2.05, 4.69) is 6.92 Å². The minimum absolute atomic E-state index is 0.00900. The molecule has 1 aromatic carbocycles. The number of anilines is 1. The molecule has 0 aliphatic heterocycles. The van der Waals surface area contributed by atoms with Crippen molar-refractivity contribution in [2.24, 2.45) is 11.8 Å². The fraction of sp³-hybridized carbons (Fsp3) is 0.500. The lowest BCUT2D eigenvalue weighted by Gasteiger charge is -2.32. The Morgan fingerprint density at radius 2 is 1.72 bits per heavy atom. The van der Waals surface area contributed by atoms with Crippen molar-refractivity contribution in [3.8, 4) is 11.3 Å². The van der Waals surface area contributed by atoms with Gasteiger partial charge >= 0.3 is 5.97 Å². The lowest BCUT2D eigenvalue weighted by Crippen LogP contribution is -2.42. The largest absolute Gasteiger partial charge is 0.462 e. The first-order valence-electron chi connectivity index (χ1n) is 11.5. The maximum Gasteiger partial charge on any atom is 0.343 e. The van der Waals surface area contributed by atoms with E-state index in [4.69, 9.17) is 9.15 Å². The molecule has 2 aromatic rings. The van der Waals surface area contributed by atoms with Crippen molar-refractivity contribution < 1.29 is 23.5 Å². The zero-order valence-corrected chi connectivity index (χ0v) is 19.6. The molecule has 6 heteroatoms. The maximum absolute atomic E-state index is 13.5. The summed E-state index contributed by atoms with van der Waals surface area (Å²) in [5, 5.41) is 0. The second kappa shape index (κ2) is 10.2. The van der Waals surface area contributed by atoms with Crippen molar-refractivity contribution in [2.75, 3.05) is 11.5 Å². The second-order valence-electron chi connectivity index (χ2n) is 8.94. The Bertz CT molecular complexity index is 965. The van der Waals surface area contributed by atoms with Gasteiger partial charge in [-0.2, -0.15) is 0 Å². The van der Waals surface area contributed by atoms with E-state index in [1.807, 2.05) is 13.8 Å². The van der Waals surface area contributed by atoms with Gasteiger partial charge in [0.2, 0.25) is 11.8 Å². The van der Waals surface area contributed by atoms with Gasteiger partial charge in [0, 0.05) is 29.2 Å². The lowest BCUT2D eigenvalue weighted by molar-refractivity contribution is -0.124. The van der Waals surface area contributed by atoms with Gasteiger partial charge in [0.25, 0.3) is 0 Å². The monoisotopic (exact) mass is 439 g/mol. The van der Waals surface area contributed by atoms with E-state index in [0.717, 1.165) is 31.2 Å². The molecule has 0 atom stereocenters. The maximum atomic E-state index is 13.5. The first kappa shape index (κ1) is 23.8. The van der Waals surface area contributed by atoms with E-state index in [0.29, 0.717) is 17.2 Å². The van der Waals surface area contributed by atoms with Gasteiger partial charge in [-0.1, -0.05) is 31.2 Å². The van der Waals surface area contributed by atoms with Crippen LogP contribution >= 0.6 is 0 Å². The summed E-state index contributed by atoms with van der Waals surface area (Å²) >= 11 is 0. The summed E-state index contributed by atoms with van der Waals surface area (Å²) in [6.07, 6.45) is 3.74. The number of carbonyl (C=O) groups excluding carboxylic acids is 3. The molecule has 1 fully saturated rings. The molecule has 3 rings (SSSR count). The smallest absolute Gasteiger partial charge is 0.343 e. The number of rotatable bonds is 7. The summed E-state index contributed by atoms with van der Waals surface area (Å²) in [6, 6.07) is 8.43. The number of ether oxygens (including phenoxy) is 1. The van der Waals surface area contributed by atoms with Crippen LogP contribution in [0, 0.1) is 11.8 Å². The van der Waals surface area contributed by atoms with Crippen LogP contribution in [-0.2, 0) is 9.53 Å². The third kappa shape index (κ3) is 5.12. The molecule has 1 amide bonds. The van der Waals surface area contributed by atoms with Gasteiger partial charge in [0.15, 0.2) is 5.78 Å². The highest BCUT2D eigenvalue weighted by Crippen LogP contribution is 2.37. The van der Waals surface area contributed by atoms with Crippen LogP contribution in [0.2, 0.25) is 0 Å². The molecule has 0 saturated heterocycles. The summed E-state index contributed by atoms with van der Waals surface area (Å²) in [6.45, 7) is 9.53. The van der Waals surface area contributed by atoms with Crippen molar-refractivity contribution in [1.29, 1.82) is 0 Å². The summed E-state index contributed by atoms with van der Waals surface area (Å²) in [5.41, 5.74) is 1.55. The molecule has 6 nitrogen and oxygen atoms in total. The Labute approximate surface area is 189 Å². The van der Waals surface area contributed by atoms with E-state index in [1.165, 1.54) is 6.92 Å². The Morgan fingerprint density at radius 3 is 2.25 bits per heavy atom. The number of amides is 1. The molecule has 1 aromatic heterocycles. The van der Waals surface area contributed by atoms with Crippen LogP contribution < -0.4 is 4.90 Å². The first-order chi connectivity index (χ1) is 15.2. The molecular weight excluding hydrogens is 406 g/mol. The molecule has 1 heterocycles. The van der Waals surface area contributed by atoms with E-state index in [1.54, 1.807) is 42.2 Å². The Kier molecular flexibility index (Phi) is 7.54. The highest BCUT2D eigenvalue weighted by Gasteiger charge is 2.35. The van der Waals surface area contributed by atoms with Crippen molar-refractivity contribution in [3.63, 3.8) is 0 Å². The van der Waals surface area contributed by atoms with Crippen LogP contribution in [0.3, 0.4) is 0 Å². The lowest BCUT2D eigenvalue weighted by atomic mass is 9.82. The molecule has 1 aliphatic carbocycles. The molecule has 0 radical (unpaired) electrons. The average Bonchev–Trinajstić information content (AvgIpc) is 3.19. The Hall–Kier alpha value is -2.89. The standard InChI is InChI=1S/C26H33NO5/c1-6-31-26(30)22-15-23(20-13-11-19(12-14-20)18(5)28)32-25(22)27(16(2)3)24(29)21-9-7-17(4)8-10-21/h11-17,21H,6-10H2,1-5H3/t17-,21-. The highest BCUT2D eigenvalue weighted by molar-refractivity contribution is 6.03. The minimum atomic E-state index is -0.520. The molecule has 32 heavy (non-hydrogen) atoms. The number of furan rings is 1. The average molecular weight is 440 g/mol. The quantitative estimate of drug-likeness (QED) is 0.397. The predicted molar refractivity (Wildman–Crippen MR) is 124 cm³/mol. The van der Waals surface area contributed by atoms with Crippen LogP contribution in [0.25, 0.3) is 11.3 Å². The third-order valence-corrected chi connectivity index (χ3v) is 6.12. The van der Waals surface area contributed by atoms with Gasteiger partial charge in [0.1, 0.15) is 11.3 Å². The molecule has 1 aliphatic rings. The number of nitrogens with zero attached hydrogens (tertiary/aromatic N) is 1. The van der Waals surface area contributed by atoms with Gasteiger partial charge < -0.3 is 9.15 Å². The summed E-state index contributed by atoms with van der Waals surface area (Å²) in [7, 11) is 0. The molecular formula is C26H33NO5. The third-order valence-electron chi connectivity index (χ3n) is 6.12. The second-order valence-corrected chi connectivity index (χ2v) is 8.94. The van der Waals surface area contributed by atoms with Crippen LogP contribution in [0.15, 0.2) is 34.7 Å². The summed E-state index contributed by atoms with van der Waals surface area (Å²) in [5.74, 6) is 0.685. The molecule has 0 N–H and O–H groups in total. The van der Waals surface area contributed by atoms with Gasteiger partial charge in [-0.15, -0.1) is 0 Å². The molecule has 0 spiro atoms. The van der Waals surface area contributed by atoms with Crippen LogP contribution in [0.5, 0.6) is 0 Å². The molecule has 0 bridgehead atoms. The van der Waals surface area contributed by atoms with Crippen LogP contribution in [0.1, 0.15) is 81.0 Å².